The van der Waals surface area contributed by atoms with Gasteiger partial charge in [-0.05, 0) is 89.9 Å². The van der Waals surface area contributed by atoms with E-state index in [0.717, 1.165) is 89.9 Å². The molecule has 6 nitrogen and oxygen atoms in total. The van der Waals surface area contributed by atoms with Gasteiger partial charge in [-0.25, -0.2) is 0 Å². The molecule has 0 spiro atoms. The number of carbonyl (C=O) groups excluding carboxylic acids is 3. The van der Waals surface area contributed by atoms with E-state index in [9.17, 15) is 14.4 Å². The van der Waals surface area contributed by atoms with Gasteiger partial charge in [0.2, 0.25) is 0 Å². The summed E-state index contributed by atoms with van der Waals surface area (Å²) >= 11 is 0. The van der Waals surface area contributed by atoms with E-state index in [1.54, 1.807) is 0 Å². The zero-order valence-corrected chi connectivity index (χ0v) is 36.4. The van der Waals surface area contributed by atoms with Crippen molar-refractivity contribution in [1.82, 2.24) is 0 Å². The SMILES string of the molecule is CCC/C=C\CCCCCCCC(=O)OCC(COC(=O)CCCCCCC/C=C\CCCCCCCC)OC(=O)CCCCCCC/C=C\CCCCC. The van der Waals surface area contributed by atoms with Crippen LogP contribution in [-0.2, 0) is 28.6 Å². The number of hydrogen-bond acceptors (Lipinski definition) is 6. The van der Waals surface area contributed by atoms with E-state index in [4.69, 9.17) is 14.2 Å². The molecule has 55 heavy (non-hydrogen) atoms. The van der Waals surface area contributed by atoms with Crippen LogP contribution in [0.3, 0.4) is 0 Å². The van der Waals surface area contributed by atoms with Crippen molar-refractivity contribution in [3.05, 3.63) is 36.5 Å². The van der Waals surface area contributed by atoms with Gasteiger partial charge < -0.3 is 14.2 Å². The summed E-state index contributed by atoms with van der Waals surface area (Å²) in [6.07, 6.45) is 49.8. The maximum atomic E-state index is 12.7. The minimum Gasteiger partial charge on any atom is -0.462 e. The second kappa shape index (κ2) is 44.3. The fourth-order valence-corrected chi connectivity index (χ4v) is 6.49. The number of esters is 3. The lowest BCUT2D eigenvalue weighted by Crippen LogP contribution is -2.30. The maximum absolute atomic E-state index is 12.7. The molecule has 0 radical (unpaired) electrons. The lowest BCUT2D eigenvalue weighted by Gasteiger charge is -2.18. The fourth-order valence-electron chi connectivity index (χ4n) is 6.49. The molecule has 0 saturated carbocycles. The van der Waals surface area contributed by atoms with Crippen molar-refractivity contribution in [1.29, 1.82) is 0 Å². The number of rotatable bonds is 42. The Morgan fingerprint density at radius 2 is 0.636 bits per heavy atom. The molecule has 1 atom stereocenters. The van der Waals surface area contributed by atoms with Crippen LogP contribution >= 0.6 is 0 Å². The molecule has 0 aliphatic heterocycles. The molecule has 0 aromatic heterocycles. The molecule has 0 saturated heterocycles. The summed E-state index contributed by atoms with van der Waals surface area (Å²) < 4.78 is 16.7. The Hall–Kier alpha value is -2.37. The summed E-state index contributed by atoms with van der Waals surface area (Å²) in [7, 11) is 0. The van der Waals surface area contributed by atoms with Crippen LogP contribution in [0.5, 0.6) is 0 Å². The molecule has 0 amide bonds. The van der Waals surface area contributed by atoms with Gasteiger partial charge in [0.1, 0.15) is 13.2 Å². The molecule has 0 aromatic rings. The molecular formula is C49H88O6. The highest BCUT2D eigenvalue weighted by molar-refractivity contribution is 5.71. The zero-order valence-electron chi connectivity index (χ0n) is 36.4. The maximum Gasteiger partial charge on any atom is 0.306 e. The summed E-state index contributed by atoms with van der Waals surface area (Å²) in [6, 6.07) is 0. The summed E-state index contributed by atoms with van der Waals surface area (Å²) in [5.41, 5.74) is 0. The van der Waals surface area contributed by atoms with E-state index < -0.39 is 6.10 Å². The van der Waals surface area contributed by atoms with E-state index in [2.05, 4.69) is 57.2 Å². The second-order valence-corrected chi connectivity index (χ2v) is 15.7. The van der Waals surface area contributed by atoms with Gasteiger partial charge in [0, 0.05) is 19.3 Å². The molecule has 0 aliphatic rings. The first kappa shape index (κ1) is 52.6. The van der Waals surface area contributed by atoms with Gasteiger partial charge in [-0.15, -0.1) is 0 Å². The Labute approximate surface area is 340 Å². The molecule has 0 N–H and O–H groups in total. The molecule has 0 bridgehead atoms. The van der Waals surface area contributed by atoms with Gasteiger partial charge in [0.05, 0.1) is 0 Å². The van der Waals surface area contributed by atoms with Crippen LogP contribution in [0.15, 0.2) is 36.5 Å². The zero-order chi connectivity index (χ0) is 40.1. The van der Waals surface area contributed by atoms with E-state index in [-0.39, 0.29) is 31.1 Å². The highest BCUT2D eigenvalue weighted by Crippen LogP contribution is 2.14. The fraction of sp³-hybridized carbons (Fsp3) is 0.816. The Kier molecular flexibility index (Phi) is 42.4. The van der Waals surface area contributed by atoms with Crippen LogP contribution < -0.4 is 0 Å². The molecule has 0 rings (SSSR count). The van der Waals surface area contributed by atoms with Gasteiger partial charge in [-0.2, -0.15) is 0 Å². The summed E-state index contributed by atoms with van der Waals surface area (Å²) in [5, 5.41) is 0. The van der Waals surface area contributed by atoms with Crippen LogP contribution in [0.1, 0.15) is 239 Å². The second-order valence-electron chi connectivity index (χ2n) is 15.7. The van der Waals surface area contributed by atoms with Crippen LogP contribution in [-0.4, -0.2) is 37.2 Å². The van der Waals surface area contributed by atoms with Crippen molar-refractivity contribution in [2.24, 2.45) is 0 Å². The van der Waals surface area contributed by atoms with E-state index in [1.165, 1.54) is 109 Å². The van der Waals surface area contributed by atoms with Crippen molar-refractivity contribution >= 4 is 17.9 Å². The molecule has 6 heteroatoms. The topological polar surface area (TPSA) is 78.9 Å². The Morgan fingerprint density at radius 3 is 1.02 bits per heavy atom. The van der Waals surface area contributed by atoms with Crippen molar-refractivity contribution in [2.45, 2.75) is 245 Å². The molecule has 0 fully saturated rings. The van der Waals surface area contributed by atoms with Crippen LogP contribution in [0, 0.1) is 0 Å². The standard InChI is InChI=1S/C49H88O6/c1-4-7-10-13-16-19-22-24-25-26-28-30-33-36-39-42-48(51)54-45-46(44-53-47(50)41-38-35-32-29-21-18-15-12-9-6-3)55-49(52)43-40-37-34-31-27-23-20-17-14-11-8-5-2/h12,15,17,20,24-25,46H,4-11,13-14,16,18-19,21-23,26-45H2,1-3H3/b15-12-,20-17-,25-24-. The first-order valence-corrected chi connectivity index (χ1v) is 23.5. The van der Waals surface area contributed by atoms with Gasteiger partial charge in [-0.1, -0.05) is 166 Å². The number of unbranched alkanes of at least 4 members (excludes halogenated alkanes) is 25. The summed E-state index contributed by atoms with van der Waals surface area (Å²) in [6.45, 7) is 6.52. The van der Waals surface area contributed by atoms with Gasteiger partial charge in [-0.3, -0.25) is 14.4 Å². The number of hydrogen-bond donors (Lipinski definition) is 0. The molecule has 0 heterocycles. The van der Waals surface area contributed by atoms with Crippen LogP contribution in [0.2, 0.25) is 0 Å². The summed E-state index contributed by atoms with van der Waals surface area (Å²) in [5.74, 6) is -0.908. The number of carbonyl (C=O) groups is 3. The number of allylic oxidation sites excluding steroid dienone is 6. The molecular weight excluding hydrogens is 685 g/mol. The molecule has 0 aliphatic carbocycles. The highest BCUT2D eigenvalue weighted by Gasteiger charge is 2.19. The predicted molar refractivity (Wildman–Crippen MR) is 233 cm³/mol. The highest BCUT2D eigenvalue weighted by atomic mass is 16.6. The van der Waals surface area contributed by atoms with E-state index in [0.29, 0.717) is 19.3 Å². The number of ether oxygens (including phenoxy) is 3. The third-order valence-corrected chi connectivity index (χ3v) is 10.1. The van der Waals surface area contributed by atoms with Gasteiger partial charge in [0.15, 0.2) is 6.10 Å². The molecule has 320 valence electrons. The van der Waals surface area contributed by atoms with Crippen molar-refractivity contribution < 1.29 is 28.6 Å². The predicted octanol–water partition coefficient (Wildman–Crippen LogP) is 15.0. The van der Waals surface area contributed by atoms with Crippen molar-refractivity contribution in [3.8, 4) is 0 Å². The first-order valence-electron chi connectivity index (χ1n) is 23.5. The minimum atomic E-state index is -0.778. The van der Waals surface area contributed by atoms with Crippen LogP contribution in [0.25, 0.3) is 0 Å². The average molecular weight is 773 g/mol. The molecule has 0 aromatic carbocycles. The average Bonchev–Trinajstić information content (AvgIpc) is 3.18. The van der Waals surface area contributed by atoms with Crippen molar-refractivity contribution in [2.75, 3.05) is 13.2 Å². The normalized spacial score (nSPS) is 12.3. The summed E-state index contributed by atoms with van der Waals surface area (Å²) in [4.78, 5) is 37.7. The largest absolute Gasteiger partial charge is 0.462 e. The Bertz CT molecular complexity index is 938. The van der Waals surface area contributed by atoms with E-state index in [1.807, 2.05) is 0 Å². The minimum absolute atomic E-state index is 0.0818. The monoisotopic (exact) mass is 773 g/mol. The van der Waals surface area contributed by atoms with Crippen LogP contribution in [0.4, 0.5) is 0 Å². The Balaban J connectivity index is 4.37. The lowest BCUT2D eigenvalue weighted by atomic mass is 10.1. The smallest absolute Gasteiger partial charge is 0.306 e. The molecule has 1 unspecified atom stereocenters. The lowest BCUT2D eigenvalue weighted by molar-refractivity contribution is -0.167. The van der Waals surface area contributed by atoms with Gasteiger partial charge >= 0.3 is 17.9 Å². The Morgan fingerprint density at radius 1 is 0.345 bits per heavy atom. The third-order valence-electron chi connectivity index (χ3n) is 10.1. The first-order chi connectivity index (χ1) is 27.0. The quantitative estimate of drug-likeness (QED) is 0.0266. The van der Waals surface area contributed by atoms with Crippen molar-refractivity contribution in [3.63, 3.8) is 0 Å². The third kappa shape index (κ3) is 42.6. The van der Waals surface area contributed by atoms with E-state index >= 15 is 0 Å². The van der Waals surface area contributed by atoms with Gasteiger partial charge in [0.25, 0.3) is 0 Å².